The number of carbonyl (C=O) groups excluding carboxylic acids is 1. The Morgan fingerprint density at radius 1 is 1.43 bits per heavy atom. The van der Waals surface area contributed by atoms with Gasteiger partial charge in [0.1, 0.15) is 0 Å². The largest absolute Gasteiger partial charge is 0.384 e. The Hall–Kier alpha value is -1.35. The minimum absolute atomic E-state index is 0.0658. The topological polar surface area (TPSA) is 41.1 Å². The smallest absolute Gasteiger partial charge is 0.165 e. The van der Waals surface area contributed by atoms with Gasteiger partial charge in [0, 0.05) is 35.7 Å². The fraction of sp³-hybridized carbons (Fsp3) is 0.611. The number of ketones is 1. The summed E-state index contributed by atoms with van der Waals surface area (Å²) in [6.07, 6.45) is 3.34. The second kappa shape index (κ2) is 5.80. The van der Waals surface area contributed by atoms with Crippen molar-refractivity contribution in [2.24, 2.45) is 5.92 Å². The lowest BCUT2D eigenvalue weighted by Crippen LogP contribution is -2.37. The molecule has 3 nitrogen and oxygen atoms in total. The molecule has 0 radical (unpaired) electrons. The molecule has 114 valence electrons. The summed E-state index contributed by atoms with van der Waals surface area (Å²) in [5.74, 6) is 0.920. The first-order valence-corrected chi connectivity index (χ1v) is 8.29. The molecule has 2 N–H and O–H groups in total. The summed E-state index contributed by atoms with van der Waals surface area (Å²) in [6.45, 7) is 8.27. The summed E-state index contributed by atoms with van der Waals surface area (Å²) in [5, 5.41) is 7.17. The van der Waals surface area contributed by atoms with Gasteiger partial charge >= 0.3 is 0 Å². The Balaban J connectivity index is 1.97. The van der Waals surface area contributed by atoms with Gasteiger partial charge in [-0.25, -0.2) is 0 Å². The van der Waals surface area contributed by atoms with Crippen LogP contribution in [0.5, 0.6) is 0 Å². The molecule has 2 atom stereocenters. The summed E-state index contributed by atoms with van der Waals surface area (Å²) in [6, 6.07) is 4.65. The molecule has 1 aliphatic carbocycles. The van der Waals surface area contributed by atoms with Gasteiger partial charge in [0.15, 0.2) is 5.78 Å². The van der Waals surface area contributed by atoms with E-state index in [1.54, 1.807) is 0 Å². The van der Waals surface area contributed by atoms with E-state index in [0.717, 1.165) is 31.5 Å². The van der Waals surface area contributed by atoms with Gasteiger partial charge in [-0.15, -0.1) is 0 Å². The number of hydrogen-bond donors (Lipinski definition) is 2. The van der Waals surface area contributed by atoms with Crippen LogP contribution in [0.4, 0.5) is 5.69 Å². The maximum absolute atomic E-state index is 12.5. The summed E-state index contributed by atoms with van der Waals surface area (Å²) in [4.78, 5) is 12.5. The minimum atomic E-state index is 0.0658. The van der Waals surface area contributed by atoms with Crippen LogP contribution in [0.1, 0.15) is 61.0 Å². The quantitative estimate of drug-likeness (QED) is 0.816. The van der Waals surface area contributed by atoms with Crippen molar-refractivity contribution in [1.29, 1.82) is 0 Å². The van der Waals surface area contributed by atoms with Crippen molar-refractivity contribution < 1.29 is 4.79 Å². The van der Waals surface area contributed by atoms with Gasteiger partial charge in [-0.1, -0.05) is 20.8 Å². The van der Waals surface area contributed by atoms with Crippen molar-refractivity contribution in [3.8, 4) is 0 Å². The SMILES string of the molecule is CCCN[C@H]1Cc2c(C(=O)C(C)C)ccc3c2[C@@H](CN3)C1. The maximum Gasteiger partial charge on any atom is 0.165 e. The molecule has 0 saturated heterocycles. The summed E-state index contributed by atoms with van der Waals surface area (Å²) < 4.78 is 0. The van der Waals surface area contributed by atoms with Gasteiger partial charge in [-0.05, 0) is 49.1 Å². The molecule has 1 aliphatic heterocycles. The third kappa shape index (κ3) is 2.59. The fourth-order valence-corrected chi connectivity index (χ4v) is 3.76. The van der Waals surface area contributed by atoms with Crippen molar-refractivity contribution in [2.45, 2.75) is 52.0 Å². The highest BCUT2D eigenvalue weighted by Crippen LogP contribution is 2.43. The summed E-state index contributed by atoms with van der Waals surface area (Å²) >= 11 is 0. The first-order chi connectivity index (χ1) is 10.1. The molecule has 0 aromatic heterocycles. The van der Waals surface area contributed by atoms with Gasteiger partial charge < -0.3 is 10.6 Å². The molecular weight excluding hydrogens is 260 g/mol. The van der Waals surface area contributed by atoms with Crippen LogP contribution in [0.2, 0.25) is 0 Å². The van der Waals surface area contributed by atoms with E-state index in [1.165, 1.54) is 23.2 Å². The van der Waals surface area contributed by atoms with E-state index < -0.39 is 0 Å². The molecular formula is C18H26N2O. The van der Waals surface area contributed by atoms with Crippen molar-refractivity contribution in [3.63, 3.8) is 0 Å². The number of rotatable bonds is 5. The highest BCUT2D eigenvalue weighted by atomic mass is 16.1. The number of Topliss-reactive ketones (excluding diaryl/α,β-unsaturated/α-hetero) is 1. The second-order valence-corrected chi connectivity index (χ2v) is 6.74. The molecule has 1 aromatic carbocycles. The van der Waals surface area contributed by atoms with Crippen LogP contribution in [0.15, 0.2) is 12.1 Å². The Kier molecular flexibility index (Phi) is 4.03. The second-order valence-electron chi connectivity index (χ2n) is 6.74. The van der Waals surface area contributed by atoms with Crippen LogP contribution in [-0.4, -0.2) is 24.9 Å². The normalized spacial score (nSPS) is 23.0. The molecule has 0 amide bonds. The number of carbonyl (C=O) groups is 1. The Bertz CT molecular complexity index is 550. The van der Waals surface area contributed by atoms with E-state index in [-0.39, 0.29) is 11.7 Å². The van der Waals surface area contributed by atoms with Gasteiger partial charge in [0.2, 0.25) is 0 Å². The number of benzene rings is 1. The molecule has 0 fully saturated rings. The molecule has 3 rings (SSSR count). The van der Waals surface area contributed by atoms with Crippen LogP contribution in [0.3, 0.4) is 0 Å². The third-order valence-electron chi connectivity index (χ3n) is 4.80. The zero-order valence-electron chi connectivity index (χ0n) is 13.3. The molecule has 0 saturated carbocycles. The first-order valence-electron chi connectivity index (χ1n) is 8.29. The van der Waals surface area contributed by atoms with E-state index in [4.69, 9.17) is 0 Å². The Morgan fingerprint density at radius 2 is 2.24 bits per heavy atom. The predicted octanol–water partition coefficient (Wildman–Crippen LogP) is 3.35. The van der Waals surface area contributed by atoms with Crippen molar-refractivity contribution in [2.75, 3.05) is 18.4 Å². The van der Waals surface area contributed by atoms with E-state index in [9.17, 15) is 4.79 Å². The molecule has 1 aromatic rings. The molecule has 1 heterocycles. The van der Waals surface area contributed by atoms with Gasteiger partial charge in [0.05, 0.1) is 0 Å². The van der Waals surface area contributed by atoms with Gasteiger partial charge in [0.25, 0.3) is 0 Å². The fourth-order valence-electron chi connectivity index (χ4n) is 3.76. The molecule has 0 spiro atoms. The predicted molar refractivity (Wildman–Crippen MR) is 87.2 cm³/mol. The number of nitrogens with one attached hydrogen (secondary N) is 2. The Morgan fingerprint density at radius 3 is 2.95 bits per heavy atom. The summed E-state index contributed by atoms with van der Waals surface area (Å²) in [5.41, 5.74) is 4.95. The Labute approximate surface area is 127 Å². The van der Waals surface area contributed by atoms with E-state index in [2.05, 4.69) is 23.6 Å². The van der Waals surface area contributed by atoms with Gasteiger partial charge in [-0.3, -0.25) is 4.79 Å². The molecule has 0 unspecified atom stereocenters. The molecule has 3 heteroatoms. The molecule has 21 heavy (non-hydrogen) atoms. The van der Waals surface area contributed by atoms with E-state index in [1.807, 2.05) is 19.9 Å². The average molecular weight is 286 g/mol. The highest BCUT2D eigenvalue weighted by Gasteiger charge is 2.35. The first kappa shape index (κ1) is 14.6. The lowest BCUT2D eigenvalue weighted by atomic mass is 9.77. The molecule has 0 bridgehead atoms. The zero-order chi connectivity index (χ0) is 15.0. The third-order valence-corrected chi connectivity index (χ3v) is 4.80. The number of anilines is 1. The number of hydrogen-bond acceptors (Lipinski definition) is 3. The lowest BCUT2D eigenvalue weighted by molar-refractivity contribution is 0.0938. The van der Waals surface area contributed by atoms with Crippen LogP contribution >= 0.6 is 0 Å². The minimum Gasteiger partial charge on any atom is -0.384 e. The maximum atomic E-state index is 12.5. The van der Waals surface area contributed by atoms with E-state index in [0.29, 0.717) is 12.0 Å². The average Bonchev–Trinajstić information content (AvgIpc) is 2.89. The molecule has 2 aliphatic rings. The van der Waals surface area contributed by atoms with Crippen molar-refractivity contribution in [1.82, 2.24) is 5.32 Å². The van der Waals surface area contributed by atoms with Crippen LogP contribution in [0, 0.1) is 5.92 Å². The monoisotopic (exact) mass is 286 g/mol. The van der Waals surface area contributed by atoms with Crippen LogP contribution in [0.25, 0.3) is 0 Å². The van der Waals surface area contributed by atoms with E-state index >= 15 is 0 Å². The van der Waals surface area contributed by atoms with Crippen molar-refractivity contribution in [3.05, 3.63) is 28.8 Å². The highest BCUT2D eigenvalue weighted by molar-refractivity contribution is 6.00. The standard InChI is InChI=1S/C18H26N2O/c1-4-7-19-13-8-12-10-20-16-6-5-14(18(21)11(2)3)15(9-13)17(12)16/h5-6,11-13,19-20H,4,7-10H2,1-3H3/t12-,13-/m1/s1. The van der Waals surface area contributed by atoms with Crippen LogP contribution < -0.4 is 10.6 Å². The van der Waals surface area contributed by atoms with Crippen LogP contribution in [-0.2, 0) is 6.42 Å². The van der Waals surface area contributed by atoms with Gasteiger partial charge in [-0.2, -0.15) is 0 Å². The summed E-state index contributed by atoms with van der Waals surface area (Å²) in [7, 11) is 0. The zero-order valence-corrected chi connectivity index (χ0v) is 13.3. The lowest BCUT2D eigenvalue weighted by Gasteiger charge is -2.30. The van der Waals surface area contributed by atoms with Crippen molar-refractivity contribution >= 4 is 11.5 Å².